The number of carbonyl (C=O) groups excluding carboxylic acids is 1. The molecule has 1 aliphatic rings. The van der Waals surface area contributed by atoms with Crippen LogP contribution in [0, 0.1) is 0 Å². The molecule has 0 atom stereocenters. The highest BCUT2D eigenvalue weighted by Crippen LogP contribution is 2.37. The molecule has 0 saturated heterocycles. The van der Waals surface area contributed by atoms with Crippen molar-refractivity contribution in [2.24, 2.45) is 0 Å². The Hall–Kier alpha value is -3.73. The topological polar surface area (TPSA) is 59.8 Å². The third-order valence-electron chi connectivity index (χ3n) is 5.08. The molecule has 0 fully saturated rings. The number of anilines is 1. The summed E-state index contributed by atoms with van der Waals surface area (Å²) in [6, 6.07) is 22.1. The number of hydrogen-bond acceptors (Lipinski definition) is 3. The van der Waals surface area contributed by atoms with Gasteiger partial charge in [0.05, 0.1) is 6.54 Å². The lowest BCUT2D eigenvalue weighted by Crippen LogP contribution is -2.12. The van der Waals surface area contributed by atoms with E-state index in [0.717, 1.165) is 17.7 Å². The minimum absolute atomic E-state index is 0.109. The Kier molecular flexibility index (Phi) is 3.98. The Bertz CT molecular complexity index is 1150. The Labute approximate surface area is 162 Å². The molecule has 0 unspecified atom stereocenters. The lowest BCUT2D eigenvalue weighted by atomic mass is 10.1. The molecule has 0 saturated carbocycles. The van der Waals surface area contributed by atoms with Crippen LogP contribution in [0.5, 0.6) is 0 Å². The standard InChI is InChI=1S/C23H18N4O/c28-23(17-7-5-16(6-8-17)13-27-15-24-14-25-27)26-20-9-10-22-19(12-20)11-18-3-1-2-4-21(18)22/h1-10,12,14-15H,11,13H2,(H,26,28). The molecule has 0 bridgehead atoms. The molecule has 136 valence electrons. The SMILES string of the molecule is O=C(Nc1ccc2c(c1)Cc1ccccc1-2)c1ccc(Cn2cncn2)cc1. The summed E-state index contributed by atoms with van der Waals surface area (Å²) in [6.07, 6.45) is 4.09. The summed E-state index contributed by atoms with van der Waals surface area (Å²) in [4.78, 5) is 16.6. The largest absolute Gasteiger partial charge is 0.322 e. The molecule has 4 aromatic rings. The molecule has 1 aromatic heterocycles. The molecule has 1 heterocycles. The normalized spacial score (nSPS) is 11.7. The van der Waals surface area contributed by atoms with Crippen LogP contribution < -0.4 is 5.32 Å². The second-order valence-electron chi connectivity index (χ2n) is 6.95. The van der Waals surface area contributed by atoms with Crippen molar-refractivity contribution < 1.29 is 4.79 Å². The van der Waals surface area contributed by atoms with E-state index >= 15 is 0 Å². The number of carbonyl (C=O) groups is 1. The Balaban J connectivity index is 1.30. The maximum Gasteiger partial charge on any atom is 0.255 e. The number of fused-ring (bicyclic) bond motifs is 3. The number of amides is 1. The minimum atomic E-state index is -0.109. The first-order chi connectivity index (χ1) is 13.8. The predicted octanol–water partition coefficient (Wildman–Crippen LogP) is 4.15. The molecule has 28 heavy (non-hydrogen) atoms. The number of hydrogen-bond donors (Lipinski definition) is 1. The monoisotopic (exact) mass is 366 g/mol. The van der Waals surface area contributed by atoms with Gasteiger partial charge in [0.1, 0.15) is 12.7 Å². The van der Waals surface area contributed by atoms with Gasteiger partial charge in [-0.3, -0.25) is 4.79 Å². The quantitative estimate of drug-likeness (QED) is 0.520. The van der Waals surface area contributed by atoms with E-state index in [9.17, 15) is 4.79 Å². The fourth-order valence-corrected chi connectivity index (χ4v) is 3.69. The first kappa shape index (κ1) is 16.4. The van der Waals surface area contributed by atoms with Gasteiger partial charge < -0.3 is 5.32 Å². The number of nitrogens with one attached hydrogen (secondary N) is 1. The van der Waals surface area contributed by atoms with E-state index in [1.54, 1.807) is 11.0 Å². The van der Waals surface area contributed by atoms with Crippen molar-refractivity contribution in [3.05, 3.63) is 102 Å². The van der Waals surface area contributed by atoms with E-state index < -0.39 is 0 Å². The van der Waals surface area contributed by atoms with Crippen molar-refractivity contribution in [2.45, 2.75) is 13.0 Å². The molecule has 5 nitrogen and oxygen atoms in total. The van der Waals surface area contributed by atoms with Gasteiger partial charge in [0, 0.05) is 11.3 Å². The van der Waals surface area contributed by atoms with Gasteiger partial charge >= 0.3 is 0 Å². The van der Waals surface area contributed by atoms with Crippen molar-refractivity contribution in [1.29, 1.82) is 0 Å². The highest BCUT2D eigenvalue weighted by atomic mass is 16.1. The summed E-state index contributed by atoms with van der Waals surface area (Å²) in [5, 5.41) is 7.11. The molecular weight excluding hydrogens is 348 g/mol. The third kappa shape index (κ3) is 3.07. The number of aromatic nitrogens is 3. The van der Waals surface area contributed by atoms with Crippen LogP contribution in [0.4, 0.5) is 5.69 Å². The van der Waals surface area contributed by atoms with Crippen molar-refractivity contribution in [3.63, 3.8) is 0 Å². The number of rotatable bonds is 4. The van der Waals surface area contributed by atoms with Gasteiger partial charge in [-0.1, -0.05) is 42.5 Å². The van der Waals surface area contributed by atoms with Gasteiger partial charge in [-0.25, -0.2) is 9.67 Å². The summed E-state index contributed by atoms with van der Waals surface area (Å²) < 4.78 is 1.75. The van der Waals surface area contributed by atoms with Gasteiger partial charge in [0.2, 0.25) is 0 Å². The molecule has 1 aliphatic carbocycles. The zero-order valence-corrected chi connectivity index (χ0v) is 15.2. The molecule has 0 radical (unpaired) electrons. The highest BCUT2D eigenvalue weighted by molar-refractivity contribution is 6.04. The van der Waals surface area contributed by atoms with Crippen LogP contribution in [0.1, 0.15) is 27.0 Å². The van der Waals surface area contributed by atoms with E-state index in [1.165, 1.54) is 28.6 Å². The van der Waals surface area contributed by atoms with Gasteiger partial charge in [-0.15, -0.1) is 0 Å². The lowest BCUT2D eigenvalue weighted by Gasteiger charge is -2.09. The summed E-state index contributed by atoms with van der Waals surface area (Å²) >= 11 is 0. The van der Waals surface area contributed by atoms with E-state index in [2.05, 4.69) is 51.8 Å². The number of benzene rings is 3. The maximum absolute atomic E-state index is 12.6. The fraction of sp³-hybridized carbons (Fsp3) is 0.0870. The smallest absolute Gasteiger partial charge is 0.255 e. The van der Waals surface area contributed by atoms with Gasteiger partial charge in [-0.05, 0) is 58.5 Å². The van der Waals surface area contributed by atoms with E-state index in [0.29, 0.717) is 12.1 Å². The first-order valence-electron chi connectivity index (χ1n) is 9.20. The highest BCUT2D eigenvalue weighted by Gasteiger charge is 2.18. The molecule has 1 N–H and O–H groups in total. The molecule has 5 heteroatoms. The molecular formula is C23H18N4O. The van der Waals surface area contributed by atoms with E-state index in [1.807, 2.05) is 30.3 Å². The second-order valence-corrected chi connectivity index (χ2v) is 6.95. The van der Waals surface area contributed by atoms with E-state index in [-0.39, 0.29) is 5.91 Å². The van der Waals surface area contributed by atoms with Crippen LogP contribution in [0.3, 0.4) is 0 Å². The van der Waals surface area contributed by atoms with Gasteiger partial charge in [0.25, 0.3) is 5.91 Å². The summed E-state index contributed by atoms with van der Waals surface area (Å²) in [6.45, 7) is 0.632. The Morgan fingerprint density at radius 3 is 2.61 bits per heavy atom. The first-order valence-corrected chi connectivity index (χ1v) is 9.20. The zero-order chi connectivity index (χ0) is 18.9. The van der Waals surface area contributed by atoms with E-state index in [4.69, 9.17) is 0 Å². The third-order valence-corrected chi connectivity index (χ3v) is 5.08. The van der Waals surface area contributed by atoms with Crippen LogP contribution in [0.25, 0.3) is 11.1 Å². The molecule has 5 rings (SSSR count). The Morgan fingerprint density at radius 1 is 0.964 bits per heavy atom. The fourth-order valence-electron chi connectivity index (χ4n) is 3.69. The van der Waals surface area contributed by atoms with Crippen molar-refractivity contribution in [1.82, 2.24) is 14.8 Å². The van der Waals surface area contributed by atoms with Crippen LogP contribution in [-0.2, 0) is 13.0 Å². The molecule has 0 aliphatic heterocycles. The Morgan fingerprint density at radius 2 is 1.79 bits per heavy atom. The van der Waals surface area contributed by atoms with Gasteiger partial charge in [-0.2, -0.15) is 5.10 Å². The maximum atomic E-state index is 12.6. The van der Waals surface area contributed by atoms with Crippen LogP contribution in [0.2, 0.25) is 0 Å². The molecule has 0 spiro atoms. The van der Waals surface area contributed by atoms with Crippen molar-refractivity contribution in [2.75, 3.05) is 5.32 Å². The molecule has 3 aromatic carbocycles. The van der Waals surface area contributed by atoms with Crippen LogP contribution in [-0.4, -0.2) is 20.7 Å². The van der Waals surface area contributed by atoms with Crippen LogP contribution >= 0.6 is 0 Å². The number of nitrogens with zero attached hydrogens (tertiary/aromatic N) is 3. The minimum Gasteiger partial charge on any atom is -0.322 e. The molecule has 1 amide bonds. The predicted molar refractivity (Wildman–Crippen MR) is 108 cm³/mol. The average molecular weight is 366 g/mol. The van der Waals surface area contributed by atoms with Gasteiger partial charge in [0.15, 0.2) is 0 Å². The average Bonchev–Trinajstić information content (AvgIpc) is 3.35. The van der Waals surface area contributed by atoms with Crippen LogP contribution in [0.15, 0.2) is 79.4 Å². The summed E-state index contributed by atoms with van der Waals surface area (Å²) in [7, 11) is 0. The summed E-state index contributed by atoms with van der Waals surface area (Å²) in [5.41, 5.74) is 7.65. The zero-order valence-electron chi connectivity index (χ0n) is 15.2. The lowest BCUT2D eigenvalue weighted by molar-refractivity contribution is 0.102. The summed E-state index contributed by atoms with van der Waals surface area (Å²) in [5.74, 6) is -0.109. The van der Waals surface area contributed by atoms with Crippen molar-refractivity contribution >= 4 is 11.6 Å². The second kappa shape index (κ2) is 6.78. The van der Waals surface area contributed by atoms with Crippen molar-refractivity contribution in [3.8, 4) is 11.1 Å².